The van der Waals surface area contributed by atoms with E-state index in [9.17, 15) is 0 Å². The molecule has 0 aliphatic heterocycles. The lowest BCUT2D eigenvalue weighted by Crippen LogP contribution is -2.42. The second-order valence-corrected chi connectivity index (χ2v) is 7.96. The first-order valence-electron chi connectivity index (χ1n) is 10.9. The van der Waals surface area contributed by atoms with Crippen LogP contribution in [0.2, 0.25) is 0 Å². The van der Waals surface area contributed by atoms with Crippen molar-refractivity contribution in [1.29, 1.82) is 0 Å². The van der Waals surface area contributed by atoms with Crippen molar-refractivity contribution in [3.05, 3.63) is 12.2 Å². The zero-order chi connectivity index (χ0) is 18.8. The third-order valence-corrected chi connectivity index (χ3v) is 4.67. The van der Waals surface area contributed by atoms with E-state index < -0.39 is 0 Å². The molecular weight excluding hydrogens is 306 g/mol. The molecule has 25 heavy (non-hydrogen) atoms. The lowest BCUT2D eigenvalue weighted by Gasteiger charge is -2.25. The van der Waals surface area contributed by atoms with Gasteiger partial charge in [-0.05, 0) is 46.6 Å². The van der Waals surface area contributed by atoms with Gasteiger partial charge in [0.25, 0.3) is 0 Å². The Bertz CT molecular complexity index is 277. The van der Waals surface area contributed by atoms with Crippen LogP contribution in [0.25, 0.3) is 0 Å². The summed E-state index contributed by atoms with van der Waals surface area (Å²) in [6, 6.07) is 0.476. The van der Waals surface area contributed by atoms with Gasteiger partial charge in [0.1, 0.15) is 0 Å². The summed E-state index contributed by atoms with van der Waals surface area (Å²) >= 11 is 0. The molecule has 0 spiro atoms. The van der Waals surface area contributed by atoms with Gasteiger partial charge in [0, 0.05) is 25.2 Å². The number of allylic oxidation sites excluding steroid dienone is 2. The zero-order valence-electron chi connectivity index (χ0n) is 17.5. The molecule has 2 atom stereocenters. The molecule has 0 aromatic heterocycles. The van der Waals surface area contributed by atoms with Crippen LogP contribution in [0, 0.1) is 0 Å². The van der Waals surface area contributed by atoms with E-state index >= 15 is 0 Å². The summed E-state index contributed by atoms with van der Waals surface area (Å²) in [5.41, 5.74) is 11.9. The maximum absolute atomic E-state index is 5.93. The molecule has 0 saturated heterocycles. The summed E-state index contributed by atoms with van der Waals surface area (Å²) in [7, 11) is 0. The molecule has 0 aliphatic carbocycles. The van der Waals surface area contributed by atoms with Gasteiger partial charge in [-0.15, -0.1) is 0 Å². The average molecular weight is 354 g/mol. The van der Waals surface area contributed by atoms with E-state index in [0.29, 0.717) is 0 Å². The molecule has 4 N–H and O–H groups in total. The molecule has 0 amide bonds. The maximum atomic E-state index is 5.93. The summed E-state index contributed by atoms with van der Waals surface area (Å²) in [6.07, 6.45) is 21.0. The second-order valence-electron chi connectivity index (χ2n) is 7.96. The molecule has 150 valence electrons. The number of hydrogen-bond donors (Lipinski definition) is 2. The van der Waals surface area contributed by atoms with Crippen molar-refractivity contribution in [1.82, 2.24) is 4.90 Å². The lowest BCUT2D eigenvalue weighted by molar-refractivity contribution is 0.244. The van der Waals surface area contributed by atoms with Crippen LogP contribution < -0.4 is 11.5 Å². The molecule has 0 aromatic rings. The van der Waals surface area contributed by atoms with E-state index in [0.717, 1.165) is 19.6 Å². The van der Waals surface area contributed by atoms with Crippen molar-refractivity contribution in [3.63, 3.8) is 0 Å². The predicted molar refractivity (Wildman–Crippen MR) is 114 cm³/mol. The normalized spacial score (nSPS) is 14.5. The van der Waals surface area contributed by atoms with Crippen molar-refractivity contribution in [2.45, 2.75) is 110 Å². The number of nitrogens with zero attached hydrogens (tertiary/aromatic N) is 1. The third-order valence-electron chi connectivity index (χ3n) is 4.67. The summed E-state index contributed by atoms with van der Waals surface area (Å²) in [6.45, 7) is 9.35. The minimum Gasteiger partial charge on any atom is -0.327 e. The minimum atomic E-state index is 0.238. The molecule has 0 saturated carbocycles. The lowest BCUT2D eigenvalue weighted by atomic mass is 10.0. The molecule has 0 radical (unpaired) electrons. The van der Waals surface area contributed by atoms with Crippen molar-refractivity contribution in [2.24, 2.45) is 11.5 Å². The largest absolute Gasteiger partial charge is 0.327 e. The van der Waals surface area contributed by atoms with Gasteiger partial charge in [-0.25, -0.2) is 0 Å². The Morgan fingerprint density at radius 2 is 1.08 bits per heavy atom. The van der Waals surface area contributed by atoms with Crippen molar-refractivity contribution >= 4 is 0 Å². The second kappa shape index (κ2) is 18.4. The molecule has 0 aliphatic rings. The highest BCUT2D eigenvalue weighted by atomic mass is 15.1. The van der Waals surface area contributed by atoms with Crippen molar-refractivity contribution in [3.8, 4) is 0 Å². The van der Waals surface area contributed by atoms with Crippen molar-refractivity contribution in [2.75, 3.05) is 19.6 Å². The highest BCUT2D eigenvalue weighted by Gasteiger charge is 2.09. The van der Waals surface area contributed by atoms with Crippen LogP contribution in [0.5, 0.6) is 0 Å². The third kappa shape index (κ3) is 19.8. The van der Waals surface area contributed by atoms with Crippen LogP contribution in [-0.2, 0) is 0 Å². The summed E-state index contributed by atoms with van der Waals surface area (Å²) in [4.78, 5) is 2.44. The summed E-state index contributed by atoms with van der Waals surface area (Å²) < 4.78 is 0. The Balaban J connectivity index is 3.36. The average Bonchev–Trinajstić information content (AvgIpc) is 2.54. The molecule has 0 fully saturated rings. The number of hydrogen-bond acceptors (Lipinski definition) is 3. The van der Waals surface area contributed by atoms with Gasteiger partial charge in [0.05, 0.1) is 0 Å². The highest BCUT2D eigenvalue weighted by Crippen LogP contribution is 2.12. The molecule has 3 nitrogen and oxygen atoms in total. The van der Waals surface area contributed by atoms with Crippen LogP contribution >= 0.6 is 0 Å². The first kappa shape index (κ1) is 24.6. The van der Waals surface area contributed by atoms with Crippen LogP contribution in [0.4, 0.5) is 0 Å². The van der Waals surface area contributed by atoms with Gasteiger partial charge in [-0.1, -0.05) is 69.9 Å². The number of rotatable bonds is 18. The Morgan fingerprint density at radius 1 is 0.680 bits per heavy atom. The molecular formula is C22H47N3. The van der Waals surface area contributed by atoms with E-state index in [1.165, 1.54) is 77.0 Å². The molecule has 2 unspecified atom stereocenters. The highest BCUT2D eigenvalue weighted by molar-refractivity contribution is 4.76. The molecule has 0 bridgehead atoms. The molecule has 0 heterocycles. The Hall–Kier alpha value is -0.380. The molecule has 0 rings (SSSR count). The van der Waals surface area contributed by atoms with E-state index in [1.807, 2.05) is 0 Å². The van der Waals surface area contributed by atoms with E-state index in [1.54, 1.807) is 0 Å². The Morgan fingerprint density at radius 3 is 1.48 bits per heavy atom. The first-order chi connectivity index (χ1) is 12.1. The van der Waals surface area contributed by atoms with Crippen molar-refractivity contribution < 1.29 is 0 Å². The van der Waals surface area contributed by atoms with Gasteiger partial charge >= 0.3 is 0 Å². The number of nitrogens with two attached hydrogens (primary N) is 2. The van der Waals surface area contributed by atoms with Crippen LogP contribution in [0.3, 0.4) is 0 Å². The fourth-order valence-corrected chi connectivity index (χ4v) is 3.43. The quantitative estimate of drug-likeness (QED) is 0.262. The zero-order valence-corrected chi connectivity index (χ0v) is 17.5. The SMILES string of the molecule is C/C=C/CCCCCCCCCCCCCN(CC(C)N)CC(C)N. The maximum Gasteiger partial charge on any atom is 0.0139 e. The predicted octanol–water partition coefficient (Wildman–Crippen LogP) is 5.24. The first-order valence-corrected chi connectivity index (χ1v) is 10.9. The van der Waals surface area contributed by atoms with Gasteiger partial charge < -0.3 is 16.4 Å². The van der Waals surface area contributed by atoms with E-state index in [2.05, 4.69) is 37.8 Å². The van der Waals surface area contributed by atoms with Gasteiger partial charge in [0.15, 0.2) is 0 Å². The van der Waals surface area contributed by atoms with Gasteiger partial charge in [-0.3, -0.25) is 0 Å². The van der Waals surface area contributed by atoms with Crippen LogP contribution in [-0.4, -0.2) is 36.6 Å². The van der Waals surface area contributed by atoms with E-state index in [-0.39, 0.29) is 12.1 Å². The Kier molecular flexibility index (Phi) is 18.1. The fourth-order valence-electron chi connectivity index (χ4n) is 3.43. The standard InChI is InChI=1S/C22H47N3/c1-4-5-6-7-8-9-10-11-12-13-14-15-16-17-18-25(19-21(2)23)20-22(3)24/h4-5,21-22H,6-20,23-24H2,1-3H3/b5-4+. The molecule has 3 heteroatoms. The Labute approximate surface area is 158 Å². The summed E-state index contributed by atoms with van der Waals surface area (Å²) in [5.74, 6) is 0. The van der Waals surface area contributed by atoms with Crippen LogP contribution in [0.15, 0.2) is 12.2 Å². The minimum absolute atomic E-state index is 0.238. The molecule has 0 aromatic carbocycles. The van der Waals surface area contributed by atoms with Crippen LogP contribution in [0.1, 0.15) is 97.8 Å². The number of unbranched alkanes of at least 4 members (excludes halogenated alkanes) is 11. The topological polar surface area (TPSA) is 55.3 Å². The van der Waals surface area contributed by atoms with Gasteiger partial charge in [0.2, 0.25) is 0 Å². The summed E-state index contributed by atoms with van der Waals surface area (Å²) in [5, 5.41) is 0. The monoisotopic (exact) mass is 353 g/mol. The van der Waals surface area contributed by atoms with E-state index in [4.69, 9.17) is 11.5 Å². The van der Waals surface area contributed by atoms with Gasteiger partial charge in [-0.2, -0.15) is 0 Å². The smallest absolute Gasteiger partial charge is 0.0139 e. The fraction of sp³-hybridized carbons (Fsp3) is 0.909.